The number of hydrogen-bond donors (Lipinski definition) is 2. The highest BCUT2D eigenvalue weighted by atomic mass is 32.1. The number of aliphatic imine (C=N–C) groups is 1. The summed E-state index contributed by atoms with van der Waals surface area (Å²) in [7, 11) is 0. The Kier molecular flexibility index (Phi) is 7.70. The normalized spacial score (nSPS) is 18.2. The van der Waals surface area contributed by atoms with Gasteiger partial charge in [0.1, 0.15) is 0 Å². The molecule has 0 radical (unpaired) electrons. The lowest BCUT2D eigenvalue weighted by molar-refractivity contribution is 0.0186. The third-order valence-electron chi connectivity index (χ3n) is 3.67. The number of nitrogens with zero attached hydrogens (tertiary/aromatic N) is 2. The van der Waals surface area contributed by atoms with E-state index < -0.39 is 0 Å². The number of hydrogen-bond acceptors (Lipinski definition) is 4. The molecule has 2 rings (SSSR count). The molecule has 1 aliphatic heterocycles. The summed E-state index contributed by atoms with van der Waals surface area (Å²) in [4.78, 5) is 8.68. The van der Waals surface area contributed by atoms with Gasteiger partial charge < -0.3 is 15.4 Å². The molecule has 1 aliphatic rings. The summed E-state index contributed by atoms with van der Waals surface area (Å²) in [6, 6.07) is 4.69. The Labute approximate surface area is 137 Å². The number of guanidine groups is 1. The van der Waals surface area contributed by atoms with E-state index in [0.29, 0.717) is 6.04 Å². The van der Waals surface area contributed by atoms with Crippen LogP contribution in [0.1, 0.15) is 31.2 Å². The minimum atomic E-state index is 0.348. The topological polar surface area (TPSA) is 48.9 Å². The maximum atomic E-state index is 5.49. The van der Waals surface area contributed by atoms with Gasteiger partial charge in [0.25, 0.3) is 0 Å². The summed E-state index contributed by atoms with van der Waals surface area (Å²) in [5.41, 5.74) is 0. The van der Waals surface area contributed by atoms with E-state index in [1.807, 2.05) is 11.3 Å². The van der Waals surface area contributed by atoms with Crippen molar-refractivity contribution in [3.05, 3.63) is 22.4 Å². The molecule has 1 aromatic heterocycles. The molecule has 22 heavy (non-hydrogen) atoms. The van der Waals surface area contributed by atoms with Gasteiger partial charge in [0.15, 0.2) is 5.96 Å². The van der Waals surface area contributed by atoms with Crippen molar-refractivity contribution in [1.29, 1.82) is 0 Å². The van der Waals surface area contributed by atoms with E-state index in [1.54, 1.807) is 0 Å². The Bertz CT molecular complexity index is 429. The summed E-state index contributed by atoms with van der Waals surface area (Å²) < 4.78 is 5.49. The molecule has 5 nitrogen and oxygen atoms in total. The Morgan fingerprint density at radius 1 is 1.36 bits per heavy atom. The van der Waals surface area contributed by atoms with Crippen molar-refractivity contribution in [3.63, 3.8) is 0 Å². The van der Waals surface area contributed by atoms with E-state index in [2.05, 4.69) is 46.9 Å². The largest absolute Gasteiger partial charge is 0.379 e. The predicted molar refractivity (Wildman–Crippen MR) is 93.7 cm³/mol. The van der Waals surface area contributed by atoms with Gasteiger partial charge in [0.05, 0.1) is 25.8 Å². The van der Waals surface area contributed by atoms with Crippen molar-refractivity contribution in [2.24, 2.45) is 4.99 Å². The molecule has 1 saturated heterocycles. The molecule has 0 amide bonds. The van der Waals surface area contributed by atoms with Gasteiger partial charge in [-0.05, 0) is 24.8 Å². The fourth-order valence-electron chi connectivity index (χ4n) is 2.52. The second kappa shape index (κ2) is 9.82. The molecule has 0 spiro atoms. The number of ether oxygens (including phenoxy) is 1. The van der Waals surface area contributed by atoms with Gasteiger partial charge in [-0.3, -0.25) is 9.89 Å². The van der Waals surface area contributed by atoms with E-state index in [-0.39, 0.29) is 0 Å². The highest BCUT2D eigenvalue weighted by molar-refractivity contribution is 7.10. The van der Waals surface area contributed by atoms with E-state index >= 15 is 0 Å². The summed E-state index contributed by atoms with van der Waals surface area (Å²) in [5, 5.41) is 8.84. The van der Waals surface area contributed by atoms with E-state index in [4.69, 9.17) is 9.73 Å². The minimum Gasteiger partial charge on any atom is -0.379 e. The van der Waals surface area contributed by atoms with Gasteiger partial charge in [0, 0.05) is 31.1 Å². The number of thiophene rings is 1. The first kappa shape index (κ1) is 17.2. The van der Waals surface area contributed by atoms with Crippen LogP contribution in [0.2, 0.25) is 0 Å². The minimum absolute atomic E-state index is 0.348. The highest BCUT2D eigenvalue weighted by Crippen LogP contribution is 2.26. The van der Waals surface area contributed by atoms with Gasteiger partial charge in [0.2, 0.25) is 0 Å². The first-order chi connectivity index (χ1) is 10.8. The van der Waals surface area contributed by atoms with Crippen LogP contribution in [0.5, 0.6) is 0 Å². The molecular weight excluding hydrogens is 296 g/mol. The number of nitrogens with one attached hydrogen (secondary N) is 2. The standard InChI is InChI=1S/C16H28N4OS/c1-3-7-18-16(17-4-2)19-13-14(15-6-5-12-22-15)20-8-10-21-11-9-20/h5-6,12,14H,3-4,7-11,13H2,1-2H3,(H2,17,18,19). The predicted octanol–water partition coefficient (Wildman–Crippen LogP) is 2.09. The summed E-state index contributed by atoms with van der Waals surface area (Å²) in [6.45, 7) is 10.5. The van der Waals surface area contributed by atoms with Gasteiger partial charge in [-0.25, -0.2) is 0 Å². The van der Waals surface area contributed by atoms with Crippen molar-refractivity contribution in [2.45, 2.75) is 26.3 Å². The highest BCUT2D eigenvalue weighted by Gasteiger charge is 2.23. The molecule has 0 aromatic carbocycles. The SMILES string of the molecule is CCCNC(=NCC(c1cccs1)N1CCOCC1)NCC. The quantitative estimate of drug-likeness (QED) is 0.596. The average Bonchev–Trinajstić information content (AvgIpc) is 3.08. The van der Waals surface area contributed by atoms with Gasteiger partial charge in [-0.2, -0.15) is 0 Å². The first-order valence-corrected chi connectivity index (χ1v) is 9.10. The van der Waals surface area contributed by atoms with Gasteiger partial charge in [-0.15, -0.1) is 11.3 Å². The zero-order valence-corrected chi connectivity index (χ0v) is 14.5. The Balaban J connectivity index is 2.04. The van der Waals surface area contributed by atoms with Crippen LogP contribution in [0.4, 0.5) is 0 Å². The van der Waals surface area contributed by atoms with Gasteiger partial charge in [-0.1, -0.05) is 13.0 Å². The molecule has 124 valence electrons. The summed E-state index contributed by atoms with van der Waals surface area (Å²) in [5.74, 6) is 0.916. The van der Waals surface area contributed by atoms with E-state index in [1.165, 1.54) is 4.88 Å². The second-order valence-electron chi connectivity index (χ2n) is 5.33. The van der Waals surface area contributed by atoms with Crippen LogP contribution in [0.15, 0.2) is 22.5 Å². The molecule has 1 fully saturated rings. The number of rotatable bonds is 7. The fourth-order valence-corrected chi connectivity index (χ4v) is 3.37. The van der Waals surface area contributed by atoms with Crippen molar-refractivity contribution < 1.29 is 4.74 Å². The molecule has 2 heterocycles. The lowest BCUT2D eigenvalue weighted by Gasteiger charge is -2.33. The molecule has 6 heteroatoms. The van der Waals surface area contributed by atoms with Crippen LogP contribution in [0.3, 0.4) is 0 Å². The van der Waals surface area contributed by atoms with Crippen LogP contribution in [-0.4, -0.2) is 56.8 Å². The lowest BCUT2D eigenvalue weighted by Crippen LogP contribution is -2.41. The number of morpholine rings is 1. The summed E-state index contributed by atoms with van der Waals surface area (Å²) >= 11 is 1.81. The summed E-state index contributed by atoms with van der Waals surface area (Å²) in [6.07, 6.45) is 1.10. The molecule has 0 bridgehead atoms. The lowest BCUT2D eigenvalue weighted by atomic mass is 10.2. The zero-order chi connectivity index (χ0) is 15.6. The van der Waals surface area contributed by atoms with Crippen LogP contribution >= 0.6 is 11.3 Å². The van der Waals surface area contributed by atoms with Gasteiger partial charge >= 0.3 is 0 Å². The maximum absolute atomic E-state index is 5.49. The van der Waals surface area contributed by atoms with Crippen LogP contribution in [-0.2, 0) is 4.74 Å². The Hall–Kier alpha value is -1.11. The molecule has 1 unspecified atom stereocenters. The third-order valence-corrected chi connectivity index (χ3v) is 4.64. The molecule has 2 N–H and O–H groups in total. The maximum Gasteiger partial charge on any atom is 0.191 e. The third kappa shape index (κ3) is 5.26. The first-order valence-electron chi connectivity index (χ1n) is 8.22. The smallest absolute Gasteiger partial charge is 0.191 e. The van der Waals surface area contributed by atoms with Crippen LogP contribution in [0.25, 0.3) is 0 Å². The molecular formula is C16H28N4OS. The van der Waals surface area contributed by atoms with Crippen molar-refractivity contribution in [2.75, 3.05) is 45.9 Å². The Morgan fingerprint density at radius 3 is 2.82 bits per heavy atom. The zero-order valence-electron chi connectivity index (χ0n) is 13.7. The van der Waals surface area contributed by atoms with Crippen LogP contribution < -0.4 is 10.6 Å². The molecule has 1 aromatic rings. The monoisotopic (exact) mass is 324 g/mol. The van der Waals surface area contributed by atoms with Crippen molar-refractivity contribution in [1.82, 2.24) is 15.5 Å². The van der Waals surface area contributed by atoms with Crippen molar-refractivity contribution >= 4 is 17.3 Å². The van der Waals surface area contributed by atoms with E-state index in [0.717, 1.165) is 58.3 Å². The second-order valence-corrected chi connectivity index (χ2v) is 6.31. The molecule has 1 atom stereocenters. The van der Waals surface area contributed by atoms with Crippen LogP contribution in [0, 0.1) is 0 Å². The van der Waals surface area contributed by atoms with Crippen molar-refractivity contribution in [3.8, 4) is 0 Å². The average molecular weight is 324 g/mol. The van der Waals surface area contributed by atoms with E-state index in [9.17, 15) is 0 Å². The fraction of sp³-hybridized carbons (Fsp3) is 0.688. The molecule has 0 aliphatic carbocycles. The molecule has 0 saturated carbocycles. The Morgan fingerprint density at radius 2 is 2.18 bits per heavy atom.